The summed E-state index contributed by atoms with van der Waals surface area (Å²) >= 11 is 0. The number of nitrogens with two attached hydrogens (primary N) is 1. The van der Waals surface area contributed by atoms with E-state index in [9.17, 15) is 13.2 Å². The lowest BCUT2D eigenvalue weighted by Gasteiger charge is -2.40. The lowest BCUT2D eigenvalue weighted by Crippen LogP contribution is -2.56. The maximum absolute atomic E-state index is 12.2. The standard InChI is InChI=1S/C11H12N4O3S/c12-10(16)11(14-15-13)6-9(7-11)19(17,18)8-4-2-1-3-5-8/h1-5,9H,6-7H2,(H2,12,16). The van der Waals surface area contributed by atoms with Crippen LogP contribution in [0.4, 0.5) is 0 Å². The number of amides is 1. The van der Waals surface area contributed by atoms with Gasteiger partial charge in [-0.05, 0) is 30.5 Å². The van der Waals surface area contributed by atoms with E-state index in [1.54, 1.807) is 18.2 Å². The summed E-state index contributed by atoms with van der Waals surface area (Å²) in [6, 6.07) is 7.95. The molecule has 0 aliphatic heterocycles. The summed E-state index contributed by atoms with van der Waals surface area (Å²) < 4.78 is 24.5. The van der Waals surface area contributed by atoms with Crippen molar-refractivity contribution in [3.63, 3.8) is 0 Å². The minimum absolute atomic E-state index is 0.0659. The van der Waals surface area contributed by atoms with E-state index in [0.717, 1.165) is 0 Å². The molecule has 1 aliphatic rings. The van der Waals surface area contributed by atoms with E-state index in [2.05, 4.69) is 10.0 Å². The zero-order chi connectivity index (χ0) is 14.1. The van der Waals surface area contributed by atoms with Gasteiger partial charge >= 0.3 is 0 Å². The second kappa shape index (κ2) is 4.56. The maximum Gasteiger partial charge on any atom is 0.229 e. The Morgan fingerprint density at radius 2 is 1.95 bits per heavy atom. The Morgan fingerprint density at radius 1 is 1.37 bits per heavy atom. The summed E-state index contributed by atoms with van der Waals surface area (Å²) in [6.07, 6.45) is -0.132. The van der Waals surface area contributed by atoms with Crippen molar-refractivity contribution in [2.45, 2.75) is 28.5 Å². The van der Waals surface area contributed by atoms with Crippen LogP contribution in [0, 0.1) is 0 Å². The van der Waals surface area contributed by atoms with Gasteiger partial charge in [-0.3, -0.25) is 4.79 Å². The van der Waals surface area contributed by atoms with Gasteiger partial charge < -0.3 is 5.73 Å². The van der Waals surface area contributed by atoms with Crippen LogP contribution in [0.15, 0.2) is 40.3 Å². The van der Waals surface area contributed by atoms with Gasteiger partial charge in [0.1, 0.15) is 5.54 Å². The first-order valence-corrected chi connectivity index (χ1v) is 7.12. The van der Waals surface area contributed by atoms with Gasteiger partial charge in [-0.2, -0.15) is 0 Å². The number of nitrogens with zero attached hydrogens (tertiary/aromatic N) is 3. The molecule has 2 N–H and O–H groups in total. The van der Waals surface area contributed by atoms with E-state index in [-0.39, 0.29) is 17.7 Å². The van der Waals surface area contributed by atoms with Gasteiger partial charge in [-0.15, -0.1) is 0 Å². The van der Waals surface area contributed by atoms with Crippen LogP contribution < -0.4 is 5.73 Å². The Bertz CT molecular complexity index is 640. The fraction of sp³-hybridized carbons (Fsp3) is 0.364. The number of hydrogen-bond acceptors (Lipinski definition) is 4. The quantitative estimate of drug-likeness (QED) is 0.505. The molecule has 19 heavy (non-hydrogen) atoms. The van der Waals surface area contributed by atoms with Crippen LogP contribution >= 0.6 is 0 Å². The highest BCUT2D eigenvalue weighted by atomic mass is 32.2. The number of hydrogen-bond donors (Lipinski definition) is 1. The highest BCUT2D eigenvalue weighted by molar-refractivity contribution is 7.92. The molecule has 1 fully saturated rings. The third-order valence-corrected chi connectivity index (χ3v) is 5.48. The van der Waals surface area contributed by atoms with Gasteiger partial charge in [0.15, 0.2) is 9.84 Å². The minimum atomic E-state index is -3.52. The molecule has 1 aliphatic carbocycles. The Morgan fingerprint density at radius 3 is 2.42 bits per heavy atom. The predicted octanol–water partition coefficient (Wildman–Crippen LogP) is 1.16. The first-order valence-electron chi connectivity index (χ1n) is 5.57. The van der Waals surface area contributed by atoms with Gasteiger partial charge in [0, 0.05) is 4.91 Å². The van der Waals surface area contributed by atoms with E-state index in [4.69, 9.17) is 11.3 Å². The van der Waals surface area contributed by atoms with Crippen LogP contribution in [0.3, 0.4) is 0 Å². The fourth-order valence-corrected chi connectivity index (χ4v) is 4.04. The number of sulfone groups is 1. The van der Waals surface area contributed by atoms with Crippen molar-refractivity contribution < 1.29 is 13.2 Å². The molecule has 0 saturated heterocycles. The maximum atomic E-state index is 12.2. The molecule has 0 heterocycles. The largest absolute Gasteiger partial charge is 0.369 e. The van der Waals surface area contributed by atoms with Crippen LogP contribution in [0.25, 0.3) is 10.4 Å². The lowest BCUT2D eigenvalue weighted by molar-refractivity contribution is -0.125. The molecule has 1 amide bonds. The fourth-order valence-electron chi connectivity index (χ4n) is 2.13. The molecule has 7 nitrogen and oxygen atoms in total. The van der Waals surface area contributed by atoms with Gasteiger partial charge in [0.25, 0.3) is 0 Å². The second-order valence-corrected chi connectivity index (χ2v) is 6.70. The third-order valence-electron chi connectivity index (χ3n) is 3.34. The van der Waals surface area contributed by atoms with Crippen LogP contribution in [0.2, 0.25) is 0 Å². The molecular formula is C11H12N4O3S. The van der Waals surface area contributed by atoms with Crippen molar-refractivity contribution in [1.82, 2.24) is 0 Å². The number of rotatable bonds is 4. The normalized spacial score (nSPS) is 26.0. The second-order valence-electron chi connectivity index (χ2n) is 4.47. The molecule has 0 bridgehead atoms. The molecule has 1 aromatic rings. The molecule has 1 aromatic carbocycles. The first kappa shape index (κ1) is 13.4. The van der Waals surface area contributed by atoms with Gasteiger partial charge in [-0.1, -0.05) is 23.3 Å². The van der Waals surface area contributed by atoms with Crippen molar-refractivity contribution in [3.05, 3.63) is 40.8 Å². The van der Waals surface area contributed by atoms with E-state index < -0.39 is 26.5 Å². The summed E-state index contributed by atoms with van der Waals surface area (Å²) in [4.78, 5) is 14.0. The molecule has 2 rings (SSSR count). The first-order chi connectivity index (χ1) is 8.92. The number of azide groups is 1. The lowest BCUT2D eigenvalue weighted by atomic mass is 9.76. The summed E-state index contributed by atoms with van der Waals surface area (Å²) in [5.74, 6) is -0.787. The summed E-state index contributed by atoms with van der Waals surface area (Å²) in [5, 5.41) is 2.62. The number of primary amides is 1. The third kappa shape index (κ3) is 2.16. The van der Waals surface area contributed by atoms with Crippen LogP contribution in [0.1, 0.15) is 12.8 Å². The Kier molecular flexibility index (Phi) is 3.21. The molecule has 0 unspecified atom stereocenters. The van der Waals surface area contributed by atoms with E-state index in [1.807, 2.05) is 0 Å². The molecule has 100 valence electrons. The number of benzene rings is 1. The summed E-state index contributed by atoms with van der Waals surface area (Å²) in [6.45, 7) is 0. The highest BCUT2D eigenvalue weighted by Crippen LogP contribution is 2.42. The molecule has 0 aromatic heterocycles. The van der Waals surface area contributed by atoms with Crippen LogP contribution in [0.5, 0.6) is 0 Å². The average molecular weight is 280 g/mol. The van der Waals surface area contributed by atoms with Crippen LogP contribution in [-0.4, -0.2) is 25.1 Å². The van der Waals surface area contributed by atoms with Gasteiger partial charge in [0.2, 0.25) is 5.91 Å². The number of carbonyl (C=O) groups excluding carboxylic acids is 1. The van der Waals surface area contributed by atoms with Crippen molar-refractivity contribution in [1.29, 1.82) is 0 Å². The Balaban J connectivity index is 2.25. The summed E-state index contributed by atoms with van der Waals surface area (Å²) in [5.41, 5.74) is 12.2. The molecule has 0 radical (unpaired) electrons. The zero-order valence-electron chi connectivity index (χ0n) is 9.93. The van der Waals surface area contributed by atoms with Crippen molar-refractivity contribution in [3.8, 4) is 0 Å². The predicted molar refractivity (Wildman–Crippen MR) is 67.7 cm³/mol. The van der Waals surface area contributed by atoms with E-state index in [0.29, 0.717) is 0 Å². The smallest absolute Gasteiger partial charge is 0.229 e. The van der Waals surface area contributed by atoms with E-state index >= 15 is 0 Å². The zero-order valence-corrected chi connectivity index (χ0v) is 10.7. The van der Waals surface area contributed by atoms with Crippen molar-refractivity contribution >= 4 is 15.7 Å². The molecule has 0 spiro atoms. The number of carbonyl (C=O) groups is 1. The average Bonchev–Trinajstić information content (AvgIpc) is 2.33. The van der Waals surface area contributed by atoms with Crippen molar-refractivity contribution in [2.75, 3.05) is 0 Å². The molecule has 0 atom stereocenters. The highest BCUT2D eigenvalue weighted by Gasteiger charge is 2.53. The van der Waals surface area contributed by atoms with Gasteiger partial charge in [0.05, 0.1) is 10.1 Å². The Labute approximate surface area is 110 Å². The molecule has 8 heteroatoms. The van der Waals surface area contributed by atoms with Gasteiger partial charge in [-0.25, -0.2) is 8.42 Å². The minimum Gasteiger partial charge on any atom is -0.369 e. The SMILES string of the molecule is [N-]=[N+]=NC1(C(N)=O)CC(S(=O)(=O)c2ccccc2)C1. The van der Waals surface area contributed by atoms with E-state index in [1.165, 1.54) is 12.1 Å². The molecular weight excluding hydrogens is 268 g/mol. The Hall–Kier alpha value is -2.05. The molecule has 1 saturated carbocycles. The van der Waals surface area contributed by atoms with Crippen molar-refractivity contribution in [2.24, 2.45) is 10.8 Å². The van der Waals surface area contributed by atoms with Crippen LogP contribution in [-0.2, 0) is 14.6 Å². The monoisotopic (exact) mass is 280 g/mol. The summed E-state index contributed by atoms with van der Waals surface area (Å²) in [7, 11) is -3.52. The topological polar surface area (TPSA) is 126 Å².